The highest BCUT2D eigenvalue weighted by molar-refractivity contribution is 6.29. The van der Waals surface area contributed by atoms with E-state index in [-0.39, 0.29) is 11.9 Å². The van der Waals surface area contributed by atoms with Crippen LogP contribution in [0, 0.1) is 0 Å². The van der Waals surface area contributed by atoms with E-state index in [0.717, 1.165) is 12.8 Å². The maximum Gasteiger partial charge on any atom is 0.407 e. The number of amides is 1. The predicted octanol–water partition coefficient (Wildman–Crippen LogP) is 1.57. The third-order valence-corrected chi connectivity index (χ3v) is 3.04. The summed E-state index contributed by atoms with van der Waals surface area (Å²) in [5.41, 5.74) is 6.24. The lowest BCUT2D eigenvalue weighted by molar-refractivity contribution is 0.130. The number of anilines is 1. The highest BCUT2D eigenvalue weighted by Gasteiger charge is 2.25. The van der Waals surface area contributed by atoms with Crippen molar-refractivity contribution in [1.29, 1.82) is 0 Å². The van der Waals surface area contributed by atoms with Crippen LogP contribution < -0.4 is 5.73 Å². The third kappa shape index (κ3) is 2.76. The number of carbonyl (C=O) groups is 1. The number of nitrogens with zero attached hydrogens (tertiary/aromatic N) is 3. The number of piperidine rings is 1. The minimum atomic E-state index is -0.900. The Kier molecular flexibility index (Phi) is 3.33. The summed E-state index contributed by atoms with van der Waals surface area (Å²) in [4.78, 5) is 20.2. The molecule has 6 nitrogen and oxygen atoms in total. The van der Waals surface area contributed by atoms with Gasteiger partial charge in [-0.1, -0.05) is 11.6 Å². The molecule has 0 radical (unpaired) electrons. The fraction of sp³-hybridized carbons (Fsp3) is 0.500. The predicted molar refractivity (Wildman–Crippen MR) is 63.0 cm³/mol. The van der Waals surface area contributed by atoms with Gasteiger partial charge in [0.25, 0.3) is 0 Å². The molecule has 0 bridgehead atoms. The Hall–Kier alpha value is -1.56. The molecule has 17 heavy (non-hydrogen) atoms. The number of aromatic nitrogens is 2. The fourth-order valence-corrected chi connectivity index (χ4v) is 2.25. The molecule has 1 aliphatic rings. The normalized spacial score (nSPS) is 20.3. The van der Waals surface area contributed by atoms with E-state index < -0.39 is 6.09 Å². The van der Waals surface area contributed by atoms with Gasteiger partial charge in [0.1, 0.15) is 5.15 Å². The number of halogens is 1. The molecule has 1 atom stereocenters. The molecule has 0 saturated carbocycles. The molecule has 0 aromatic carbocycles. The van der Waals surface area contributed by atoms with Crippen molar-refractivity contribution in [3.8, 4) is 0 Å². The molecule has 1 unspecified atom stereocenters. The van der Waals surface area contributed by atoms with Gasteiger partial charge < -0.3 is 15.7 Å². The molecule has 3 N–H and O–H groups in total. The third-order valence-electron chi connectivity index (χ3n) is 2.84. The number of likely N-dealkylation sites (tertiary alicyclic amines) is 1. The molecule has 0 spiro atoms. The molecule has 1 aromatic heterocycles. The topological polar surface area (TPSA) is 92.3 Å². The number of hydrogen-bond acceptors (Lipinski definition) is 4. The molecule has 92 valence electrons. The molecule has 1 amide bonds. The summed E-state index contributed by atoms with van der Waals surface area (Å²) in [6, 6.07) is 1.65. The zero-order chi connectivity index (χ0) is 12.4. The molecule has 0 aliphatic carbocycles. The van der Waals surface area contributed by atoms with E-state index in [4.69, 9.17) is 22.4 Å². The van der Waals surface area contributed by atoms with Crippen molar-refractivity contribution in [1.82, 2.24) is 14.9 Å². The largest absolute Gasteiger partial charge is 0.465 e. The second-order valence-corrected chi connectivity index (χ2v) is 4.43. The van der Waals surface area contributed by atoms with Crippen LogP contribution in [0.2, 0.25) is 5.15 Å². The van der Waals surface area contributed by atoms with E-state index in [1.807, 2.05) is 0 Å². The Morgan fingerprint density at radius 2 is 2.35 bits per heavy atom. The van der Waals surface area contributed by atoms with E-state index in [2.05, 4.69) is 9.97 Å². The standard InChI is InChI=1S/C10H13ClN4O2/c11-8-4-7(13-9(12)14-8)6-2-1-3-15(5-6)10(16)17/h4,6H,1-3,5H2,(H,16,17)(H2,12,13,14). The Morgan fingerprint density at radius 1 is 1.59 bits per heavy atom. The van der Waals surface area contributed by atoms with Gasteiger partial charge in [0.15, 0.2) is 0 Å². The maximum absolute atomic E-state index is 10.9. The minimum Gasteiger partial charge on any atom is -0.465 e. The van der Waals surface area contributed by atoms with Gasteiger partial charge in [0.05, 0.1) is 5.69 Å². The Balaban J connectivity index is 2.18. The maximum atomic E-state index is 10.9. The van der Waals surface area contributed by atoms with Crippen LogP contribution in [-0.4, -0.2) is 39.2 Å². The van der Waals surface area contributed by atoms with Crippen molar-refractivity contribution in [3.63, 3.8) is 0 Å². The van der Waals surface area contributed by atoms with Gasteiger partial charge >= 0.3 is 6.09 Å². The summed E-state index contributed by atoms with van der Waals surface area (Å²) in [5, 5.41) is 9.25. The molecule has 2 heterocycles. The number of nitrogens with two attached hydrogens (primary N) is 1. The van der Waals surface area contributed by atoms with E-state index in [9.17, 15) is 4.79 Å². The SMILES string of the molecule is Nc1nc(Cl)cc(C2CCCN(C(=O)O)C2)n1. The van der Waals surface area contributed by atoms with Crippen LogP contribution in [0.3, 0.4) is 0 Å². The molecule has 1 saturated heterocycles. The van der Waals surface area contributed by atoms with E-state index in [1.165, 1.54) is 4.90 Å². The minimum absolute atomic E-state index is 0.0441. The summed E-state index contributed by atoms with van der Waals surface area (Å²) >= 11 is 5.81. The lowest BCUT2D eigenvalue weighted by Crippen LogP contribution is -2.38. The van der Waals surface area contributed by atoms with E-state index in [1.54, 1.807) is 6.07 Å². The van der Waals surface area contributed by atoms with Crippen molar-refractivity contribution in [2.45, 2.75) is 18.8 Å². The number of carboxylic acid groups (broad SMARTS) is 1. The summed E-state index contributed by atoms with van der Waals surface area (Å²) < 4.78 is 0. The Bertz CT molecular complexity index is 420. The van der Waals surface area contributed by atoms with Crippen molar-refractivity contribution < 1.29 is 9.90 Å². The first-order valence-corrected chi connectivity index (χ1v) is 5.72. The highest BCUT2D eigenvalue weighted by Crippen LogP contribution is 2.27. The zero-order valence-electron chi connectivity index (χ0n) is 9.14. The van der Waals surface area contributed by atoms with Crippen LogP contribution in [0.4, 0.5) is 10.7 Å². The number of nitrogen functional groups attached to an aromatic ring is 1. The summed E-state index contributed by atoms with van der Waals surface area (Å²) in [6.45, 7) is 1.00. The van der Waals surface area contributed by atoms with Gasteiger partial charge in [-0.25, -0.2) is 14.8 Å². The van der Waals surface area contributed by atoms with Gasteiger partial charge in [-0.2, -0.15) is 0 Å². The smallest absolute Gasteiger partial charge is 0.407 e. The summed E-state index contributed by atoms with van der Waals surface area (Å²) in [6.07, 6.45) is 0.803. The van der Waals surface area contributed by atoms with Crippen LogP contribution in [0.15, 0.2) is 6.07 Å². The molecule has 7 heteroatoms. The lowest BCUT2D eigenvalue weighted by atomic mass is 9.95. The Morgan fingerprint density at radius 3 is 3.00 bits per heavy atom. The molecular formula is C10H13ClN4O2. The van der Waals surface area contributed by atoms with Crippen LogP contribution in [0.1, 0.15) is 24.5 Å². The first-order chi connectivity index (χ1) is 8.06. The van der Waals surface area contributed by atoms with Crippen LogP contribution in [-0.2, 0) is 0 Å². The first-order valence-electron chi connectivity index (χ1n) is 5.34. The van der Waals surface area contributed by atoms with E-state index >= 15 is 0 Å². The zero-order valence-corrected chi connectivity index (χ0v) is 9.89. The monoisotopic (exact) mass is 256 g/mol. The van der Waals surface area contributed by atoms with Gasteiger partial charge in [-0.15, -0.1) is 0 Å². The van der Waals surface area contributed by atoms with Gasteiger partial charge in [0, 0.05) is 19.0 Å². The molecule has 2 rings (SSSR count). The number of rotatable bonds is 1. The van der Waals surface area contributed by atoms with Crippen molar-refractivity contribution in [2.75, 3.05) is 18.8 Å². The van der Waals surface area contributed by atoms with Crippen LogP contribution in [0.25, 0.3) is 0 Å². The van der Waals surface area contributed by atoms with Crippen LogP contribution in [0.5, 0.6) is 0 Å². The van der Waals surface area contributed by atoms with Crippen molar-refractivity contribution in [2.24, 2.45) is 0 Å². The Labute approximate surface area is 103 Å². The molecule has 1 aromatic rings. The summed E-state index contributed by atoms with van der Waals surface area (Å²) in [5.74, 6) is 0.169. The molecule has 1 aliphatic heterocycles. The van der Waals surface area contributed by atoms with E-state index in [0.29, 0.717) is 23.9 Å². The second kappa shape index (κ2) is 4.75. The highest BCUT2D eigenvalue weighted by atomic mass is 35.5. The summed E-state index contributed by atoms with van der Waals surface area (Å²) in [7, 11) is 0. The van der Waals surface area contributed by atoms with Gasteiger partial charge in [-0.3, -0.25) is 0 Å². The molecular weight excluding hydrogens is 244 g/mol. The average molecular weight is 257 g/mol. The fourth-order valence-electron chi connectivity index (χ4n) is 2.05. The lowest BCUT2D eigenvalue weighted by Gasteiger charge is -2.30. The van der Waals surface area contributed by atoms with Crippen molar-refractivity contribution in [3.05, 3.63) is 16.9 Å². The quantitative estimate of drug-likeness (QED) is 0.744. The average Bonchev–Trinajstić information content (AvgIpc) is 2.28. The number of hydrogen-bond donors (Lipinski definition) is 2. The van der Waals surface area contributed by atoms with Gasteiger partial charge in [-0.05, 0) is 18.9 Å². The first kappa shape index (κ1) is 11.9. The van der Waals surface area contributed by atoms with Crippen molar-refractivity contribution >= 4 is 23.6 Å². The van der Waals surface area contributed by atoms with Gasteiger partial charge in [0.2, 0.25) is 5.95 Å². The van der Waals surface area contributed by atoms with Crippen LogP contribution >= 0.6 is 11.6 Å². The molecule has 1 fully saturated rings. The second-order valence-electron chi connectivity index (χ2n) is 4.04.